The number of aliphatic hydroxyl groups excluding tert-OH is 1. The van der Waals surface area contributed by atoms with E-state index in [0.29, 0.717) is 17.6 Å². The summed E-state index contributed by atoms with van der Waals surface area (Å²) in [6.45, 7) is 4.00. The molecule has 0 saturated heterocycles. The zero-order valence-electron chi connectivity index (χ0n) is 18.5. The zero-order chi connectivity index (χ0) is 22.2. The molecule has 0 radical (unpaired) electrons. The van der Waals surface area contributed by atoms with Crippen molar-refractivity contribution in [3.05, 3.63) is 65.2 Å². The van der Waals surface area contributed by atoms with Gasteiger partial charge in [-0.25, -0.2) is 0 Å². The highest BCUT2D eigenvalue weighted by molar-refractivity contribution is 5.75. The van der Waals surface area contributed by atoms with Crippen LogP contribution in [0.5, 0.6) is 5.75 Å². The van der Waals surface area contributed by atoms with E-state index in [0.717, 1.165) is 30.7 Å². The number of phenolic OH excluding ortho intramolecular Hbond substituents is 1. The number of hydrogen-bond donors (Lipinski definition) is 3. The van der Waals surface area contributed by atoms with Crippen LogP contribution >= 0.6 is 0 Å². The highest BCUT2D eigenvalue weighted by atomic mass is 16.4. The SMILES string of the molecule is CC(C(=O)O)c1ccccc1.C[C@]12CC[C@@H]3c4ccc(O)cc4CC[C@H]3[C@@H]1CC[C@@H]2O. The van der Waals surface area contributed by atoms with Crippen molar-refractivity contribution in [2.75, 3.05) is 0 Å². The monoisotopic (exact) mass is 422 g/mol. The molecule has 0 aromatic heterocycles. The van der Waals surface area contributed by atoms with Crippen LogP contribution in [0.1, 0.15) is 74.5 Å². The average molecular weight is 423 g/mol. The minimum Gasteiger partial charge on any atom is -0.508 e. The Balaban J connectivity index is 0.000000180. The topological polar surface area (TPSA) is 77.8 Å². The van der Waals surface area contributed by atoms with Crippen LogP contribution in [0.3, 0.4) is 0 Å². The number of aliphatic carboxylic acids is 1. The van der Waals surface area contributed by atoms with Crippen LogP contribution in [0.4, 0.5) is 0 Å². The normalized spacial score (nSPS) is 32.0. The number of phenols is 1. The molecule has 5 rings (SSSR count). The summed E-state index contributed by atoms with van der Waals surface area (Å²) in [6.07, 6.45) is 6.78. The minimum atomic E-state index is -0.781. The van der Waals surface area contributed by atoms with Crippen LogP contribution in [0.25, 0.3) is 0 Å². The quantitative estimate of drug-likeness (QED) is 0.598. The standard InChI is InChI=1S/C18H24O2.C9H10O2/c1-18-9-8-14-13-5-3-12(19)10-11(13)2-4-15(14)16(18)6-7-17(18)20;1-7(9(10)11)8-5-3-2-4-6-8/h3,5,10,14-17,19-20H,2,4,6-9H2,1H3;2-7H,1H3,(H,10,11)/t14-,15-,16+,17+,18+;/m1./s1. The van der Waals surface area contributed by atoms with Crippen LogP contribution in [-0.2, 0) is 11.2 Å². The van der Waals surface area contributed by atoms with E-state index in [2.05, 4.69) is 13.0 Å². The number of aryl methyl sites for hydroxylation is 1. The summed E-state index contributed by atoms with van der Waals surface area (Å²) in [5.74, 6) is 1.30. The fourth-order valence-electron chi connectivity index (χ4n) is 6.43. The molecule has 6 atom stereocenters. The van der Waals surface area contributed by atoms with Gasteiger partial charge in [-0.05, 0) is 97.4 Å². The highest BCUT2D eigenvalue weighted by Gasteiger charge is 2.54. The molecule has 2 aromatic rings. The molecule has 3 aliphatic rings. The van der Waals surface area contributed by atoms with Crippen molar-refractivity contribution in [2.45, 2.75) is 70.3 Å². The molecule has 2 fully saturated rings. The summed E-state index contributed by atoms with van der Waals surface area (Å²) in [5, 5.41) is 28.7. The summed E-state index contributed by atoms with van der Waals surface area (Å²) in [5.41, 5.74) is 3.84. The molecule has 4 nitrogen and oxygen atoms in total. The van der Waals surface area contributed by atoms with E-state index in [4.69, 9.17) is 5.11 Å². The van der Waals surface area contributed by atoms with Crippen molar-refractivity contribution in [1.82, 2.24) is 0 Å². The molecule has 4 heteroatoms. The first-order chi connectivity index (χ1) is 14.8. The van der Waals surface area contributed by atoms with E-state index >= 15 is 0 Å². The number of carbonyl (C=O) groups is 1. The van der Waals surface area contributed by atoms with Gasteiger partial charge < -0.3 is 15.3 Å². The summed E-state index contributed by atoms with van der Waals surface area (Å²) in [6, 6.07) is 15.1. The molecule has 0 bridgehead atoms. The molecule has 2 saturated carbocycles. The summed E-state index contributed by atoms with van der Waals surface area (Å²) < 4.78 is 0. The number of carboxylic acid groups (broad SMARTS) is 1. The lowest BCUT2D eigenvalue weighted by atomic mass is 9.55. The van der Waals surface area contributed by atoms with Crippen LogP contribution in [0.2, 0.25) is 0 Å². The largest absolute Gasteiger partial charge is 0.508 e. The van der Waals surface area contributed by atoms with Gasteiger partial charge in [0.15, 0.2) is 0 Å². The Morgan fingerprint density at radius 2 is 1.81 bits per heavy atom. The predicted octanol–water partition coefficient (Wildman–Crippen LogP) is 5.48. The molecule has 0 aliphatic heterocycles. The maximum Gasteiger partial charge on any atom is 0.310 e. The van der Waals surface area contributed by atoms with Gasteiger partial charge in [-0.3, -0.25) is 4.79 Å². The van der Waals surface area contributed by atoms with E-state index in [1.807, 2.05) is 42.5 Å². The van der Waals surface area contributed by atoms with Crippen molar-refractivity contribution in [3.8, 4) is 5.75 Å². The van der Waals surface area contributed by atoms with Crippen molar-refractivity contribution < 1.29 is 20.1 Å². The lowest BCUT2D eigenvalue weighted by Crippen LogP contribution is -2.43. The van der Waals surface area contributed by atoms with E-state index in [1.165, 1.54) is 30.4 Å². The van der Waals surface area contributed by atoms with E-state index in [9.17, 15) is 15.0 Å². The third kappa shape index (κ3) is 4.10. The molecule has 31 heavy (non-hydrogen) atoms. The molecule has 166 valence electrons. The fraction of sp³-hybridized carbons (Fsp3) is 0.519. The first-order valence-electron chi connectivity index (χ1n) is 11.6. The van der Waals surface area contributed by atoms with E-state index in [-0.39, 0.29) is 11.5 Å². The van der Waals surface area contributed by atoms with Gasteiger partial charge in [0.25, 0.3) is 0 Å². The van der Waals surface area contributed by atoms with Gasteiger partial charge in [0.2, 0.25) is 0 Å². The maximum atomic E-state index is 10.5. The predicted molar refractivity (Wildman–Crippen MR) is 121 cm³/mol. The van der Waals surface area contributed by atoms with Gasteiger partial charge in [-0.2, -0.15) is 0 Å². The van der Waals surface area contributed by atoms with Crippen molar-refractivity contribution in [2.24, 2.45) is 17.3 Å². The summed E-state index contributed by atoms with van der Waals surface area (Å²) >= 11 is 0. The number of aliphatic hydroxyl groups is 1. The van der Waals surface area contributed by atoms with Gasteiger partial charge >= 0.3 is 5.97 Å². The number of hydrogen-bond acceptors (Lipinski definition) is 3. The zero-order valence-corrected chi connectivity index (χ0v) is 18.5. The first-order valence-corrected chi connectivity index (χ1v) is 11.6. The summed E-state index contributed by atoms with van der Waals surface area (Å²) in [4.78, 5) is 10.5. The number of carboxylic acids is 1. The molecule has 2 aromatic carbocycles. The Kier molecular flexibility index (Phi) is 6.11. The van der Waals surface area contributed by atoms with Gasteiger partial charge in [0, 0.05) is 0 Å². The van der Waals surface area contributed by atoms with Crippen LogP contribution in [0, 0.1) is 17.3 Å². The van der Waals surface area contributed by atoms with Crippen molar-refractivity contribution in [1.29, 1.82) is 0 Å². The summed E-state index contributed by atoms with van der Waals surface area (Å²) in [7, 11) is 0. The lowest BCUT2D eigenvalue weighted by Gasteiger charge is -2.50. The van der Waals surface area contributed by atoms with Crippen molar-refractivity contribution in [3.63, 3.8) is 0 Å². The second kappa shape index (κ2) is 8.66. The second-order valence-electron chi connectivity index (χ2n) is 9.91. The molecule has 3 N–H and O–H groups in total. The van der Waals surface area contributed by atoms with Crippen LogP contribution in [-0.4, -0.2) is 27.4 Å². The number of fused-ring (bicyclic) bond motifs is 5. The van der Waals surface area contributed by atoms with Gasteiger partial charge in [0.05, 0.1) is 12.0 Å². The molecule has 0 amide bonds. The Bertz CT molecular complexity index is 924. The van der Waals surface area contributed by atoms with E-state index in [1.54, 1.807) is 6.92 Å². The smallest absolute Gasteiger partial charge is 0.310 e. The molecule has 0 heterocycles. The second-order valence-corrected chi connectivity index (χ2v) is 9.91. The Hall–Kier alpha value is -2.33. The molecule has 0 spiro atoms. The minimum absolute atomic E-state index is 0.0883. The Morgan fingerprint density at radius 3 is 2.52 bits per heavy atom. The van der Waals surface area contributed by atoms with Crippen molar-refractivity contribution >= 4 is 5.97 Å². The number of rotatable bonds is 2. The maximum absolute atomic E-state index is 10.5. The van der Waals surface area contributed by atoms with Crippen LogP contribution < -0.4 is 0 Å². The Labute approximate surface area is 184 Å². The molecule has 1 unspecified atom stereocenters. The number of aromatic hydroxyl groups is 1. The van der Waals surface area contributed by atoms with E-state index < -0.39 is 11.9 Å². The van der Waals surface area contributed by atoms with Crippen LogP contribution in [0.15, 0.2) is 48.5 Å². The van der Waals surface area contributed by atoms with Gasteiger partial charge in [-0.1, -0.05) is 43.3 Å². The molecule has 3 aliphatic carbocycles. The lowest BCUT2D eigenvalue weighted by molar-refractivity contribution is -0.138. The fourth-order valence-corrected chi connectivity index (χ4v) is 6.43. The van der Waals surface area contributed by atoms with Gasteiger partial charge in [0.1, 0.15) is 5.75 Å². The third-order valence-corrected chi connectivity index (χ3v) is 8.33. The Morgan fingerprint density at radius 1 is 1.06 bits per heavy atom. The third-order valence-electron chi connectivity index (χ3n) is 8.33. The number of benzene rings is 2. The van der Waals surface area contributed by atoms with Gasteiger partial charge in [-0.15, -0.1) is 0 Å². The average Bonchev–Trinajstić information content (AvgIpc) is 3.08. The highest BCUT2D eigenvalue weighted by Crippen LogP contribution is 2.60. The first kappa shape index (κ1) is 21.9. The molecular weight excluding hydrogens is 388 g/mol. The molecular formula is C27H34O4.